The molecule has 0 saturated carbocycles. The molecule has 0 bridgehead atoms. The summed E-state index contributed by atoms with van der Waals surface area (Å²) < 4.78 is 15.5. The van der Waals surface area contributed by atoms with E-state index in [0.717, 1.165) is 16.7 Å². The van der Waals surface area contributed by atoms with Crippen LogP contribution in [0.3, 0.4) is 0 Å². The number of hydrogen-bond donors (Lipinski definition) is 2. The van der Waals surface area contributed by atoms with E-state index in [1.165, 1.54) is 26.5 Å². The third-order valence-corrected chi connectivity index (χ3v) is 6.10. The molecule has 1 atom stereocenters. The van der Waals surface area contributed by atoms with Crippen LogP contribution in [0.15, 0.2) is 45.9 Å². The van der Waals surface area contributed by atoms with Crippen molar-refractivity contribution >= 4 is 40.8 Å². The molecule has 35 heavy (non-hydrogen) atoms. The Kier molecular flexibility index (Phi) is 8.58. The molecule has 0 radical (unpaired) electrons. The van der Waals surface area contributed by atoms with Crippen molar-refractivity contribution in [3.8, 4) is 11.5 Å². The number of nitrogens with one attached hydrogen (secondary N) is 2. The van der Waals surface area contributed by atoms with Crippen LogP contribution in [0.4, 0.5) is 4.79 Å². The number of methoxy groups -OCH3 is 2. The van der Waals surface area contributed by atoms with E-state index in [1.807, 2.05) is 0 Å². The SMILES string of the molecule is COc1ccc(C=C2SC(=O)N(CCNC(=O)[C@@H](NC(=O)c3ccco3)C(C)C)C2=O)cc1OC. The average molecular weight is 502 g/mol. The van der Waals surface area contributed by atoms with Gasteiger partial charge in [0.25, 0.3) is 17.1 Å². The summed E-state index contributed by atoms with van der Waals surface area (Å²) in [7, 11) is 3.04. The topological polar surface area (TPSA) is 127 Å². The number of nitrogens with zero attached hydrogens (tertiary/aromatic N) is 1. The maximum absolute atomic E-state index is 12.8. The lowest BCUT2D eigenvalue weighted by atomic mass is 10.0. The van der Waals surface area contributed by atoms with Crippen LogP contribution in [0.25, 0.3) is 6.08 Å². The first-order chi connectivity index (χ1) is 16.7. The molecule has 0 aliphatic carbocycles. The van der Waals surface area contributed by atoms with Crippen molar-refractivity contribution in [2.45, 2.75) is 19.9 Å². The van der Waals surface area contributed by atoms with Crippen LogP contribution in [-0.2, 0) is 9.59 Å². The van der Waals surface area contributed by atoms with Gasteiger partial charge in [-0.3, -0.25) is 24.1 Å². The van der Waals surface area contributed by atoms with Gasteiger partial charge in [0.15, 0.2) is 17.3 Å². The summed E-state index contributed by atoms with van der Waals surface area (Å²) in [5, 5.41) is 4.90. The van der Waals surface area contributed by atoms with Crippen LogP contribution < -0.4 is 20.1 Å². The molecule has 1 aromatic heterocycles. The Labute approximate surface area is 207 Å². The zero-order chi connectivity index (χ0) is 25.5. The molecule has 1 saturated heterocycles. The Balaban J connectivity index is 1.59. The molecule has 4 amide bonds. The molecular weight excluding hydrogens is 474 g/mol. The highest BCUT2D eigenvalue weighted by Gasteiger charge is 2.35. The first-order valence-electron chi connectivity index (χ1n) is 10.8. The van der Waals surface area contributed by atoms with Crippen LogP contribution in [-0.4, -0.2) is 61.2 Å². The molecule has 2 aromatic rings. The van der Waals surface area contributed by atoms with Gasteiger partial charge in [0.05, 0.1) is 25.4 Å². The maximum Gasteiger partial charge on any atom is 0.293 e. The van der Waals surface area contributed by atoms with E-state index in [2.05, 4.69) is 10.6 Å². The van der Waals surface area contributed by atoms with E-state index in [1.54, 1.807) is 44.2 Å². The molecule has 186 valence electrons. The largest absolute Gasteiger partial charge is 0.493 e. The van der Waals surface area contributed by atoms with Crippen molar-refractivity contribution in [3.05, 3.63) is 52.8 Å². The van der Waals surface area contributed by atoms with Crippen molar-refractivity contribution in [1.82, 2.24) is 15.5 Å². The Morgan fingerprint density at radius 2 is 1.89 bits per heavy atom. The van der Waals surface area contributed by atoms with Gasteiger partial charge < -0.3 is 24.5 Å². The molecule has 0 unspecified atom stereocenters. The van der Waals surface area contributed by atoms with E-state index in [4.69, 9.17) is 13.9 Å². The van der Waals surface area contributed by atoms with E-state index < -0.39 is 29.0 Å². The van der Waals surface area contributed by atoms with Gasteiger partial charge in [-0.05, 0) is 53.6 Å². The van der Waals surface area contributed by atoms with Crippen molar-refractivity contribution in [2.24, 2.45) is 5.92 Å². The van der Waals surface area contributed by atoms with Crippen molar-refractivity contribution < 1.29 is 33.1 Å². The number of carbonyl (C=O) groups excluding carboxylic acids is 4. The summed E-state index contributed by atoms with van der Waals surface area (Å²) in [4.78, 5) is 51.4. The number of rotatable bonds is 10. The Hall–Kier alpha value is -3.73. The number of imide groups is 1. The summed E-state index contributed by atoms with van der Waals surface area (Å²) in [6, 6.07) is 7.43. The smallest absolute Gasteiger partial charge is 0.293 e. The molecule has 11 heteroatoms. The third-order valence-electron chi connectivity index (χ3n) is 5.19. The average Bonchev–Trinajstić information content (AvgIpc) is 3.46. The second kappa shape index (κ2) is 11.6. The lowest BCUT2D eigenvalue weighted by molar-refractivity contribution is -0.125. The molecule has 0 spiro atoms. The van der Waals surface area contributed by atoms with E-state index in [-0.39, 0.29) is 29.7 Å². The Morgan fingerprint density at radius 3 is 2.51 bits per heavy atom. The molecule has 1 aliphatic heterocycles. The van der Waals surface area contributed by atoms with Gasteiger partial charge in [0, 0.05) is 13.1 Å². The van der Waals surface area contributed by atoms with Crippen LogP contribution in [0.2, 0.25) is 0 Å². The van der Waals surface area contributed by atoms with Crippen LogP contribution >= 0.6 is 11.8 Å². The molecule has 1 fully saturated rings. The fourth-order valence-electron chi connectivity index (χ4n) is 3.34. The van der Waals surface area contributed by atoms with Crippen molar-refractivity contribution in [3.63, 3.8) is 0 Å². The van der Waals surface area contributed by atoms with Gasteiger partial charge >= 0.3 is 0 Å². The maximum atomic E-state index is 12.8. The summed E-state index contributed by atoms with van der Waals surface area (Å²) in [5.74, 6) is -0.424. The van der Waals surface area contributed by atoms with Gasteiger partial charge in [-0.25, -0.2) is 0 Å². The zero-order valence-electron chi connectivity index (χ0n) is 19.8. The second-order valence-electron chi connectivity index (χ2n) is 7.91. The predicted octanol–water partition coefficient (Wildman–Crippen LogP) is 2.90. The van der Waals surface area contributed by atoms with Crippen molar-refractivity contribution in [2.75, 3.05) is 27.3 Å². The highest BCUT2D eigenvalue weighted by atomic mass is 32.2. The van der Waals surface area contributed by atoms with E-state index in [0.29, 0.717) is 17.1 Å². The van der Waals surface area contributed by atoms with Crippen molar-refractivity contribution in [1.29, 1.82) is 0 Å². The van der Waals surface area contributed by atoms with Crippen LogP contribution in [0, 0.1) is 5.92 Å². The van der Waals surface area contributed by atoms with Crippen LogP contribution in [0.1, 0.15) is 30.0 Å². The first kappa shape index (κ1) is 25.9. The molecule has 3 rings (SSSR count). The normalized spacial score (nSPS) is 15.5. The molecule has 2 N–H and O–H groups in total. The van der Waals surface area contributed by atoms with E-state index >= 15 is 0 Å². The highest BCUT2D eigenvalue weighted by Crippen LogP contribution is 2.34. The summed E-state index contributed by atoms with van der Waals surface area (Å²) >= 11 is 0.823. The third kappa shape index (κ3) is 6.24. The minimum atomic E-state index is -0.813. The second-order valence-corrected chi connectivity index (χ2v) is 8.90. The summed E-state index contributed by atoms with van der Waals surface area (Å²) in [6.45, 7) is 3.63. The number of ether oxygens (including phenoxy) is 2. The van der Waals surface area contributed by atoms with Gasteiger partial charge in [-0.2, -0.15) is 0 Å². The lowest BCUT2D eigenvalue weighted by Gasteiger charge is -2.22. The number of hydrogen-bond acceptors (Lipinski definition) is 8. The fraction of sp³-hybridized carbons (Fsp3) is 0.333. The monoisotopic (exact) mass is 501 g/mol. The zero-order valence-corrected chi connectivity index (χ0v) is 20.6. The molecular formula is C24H27N3O7S. The number of thioether (sulfide) groups is 1. The molecule has 10 nitrogen and oxygen atoms in total. The fourth-order valence-corrected chi connectivity index (χ4v) is 4.21. The Bertz CT molecular complexity index is 1130. The van der Waals surface area contributed by atoms with E-state index in [9.17, 15) is 19.2 Å². The first-order valence-corrected chi connectivity index (χ1v) is 11.7. The van der Waals surface area contributed by atoms with Gasteiger partial charge in [0.1, 0.15) is 6.04 Å². The minimum absolute atomic E-state index is 0.00335. The lowest BCUT2D eigenvalue weighted by Crippen LogP contribution is -2.51. The number of benzene rings is 1. The molecule has 1 aliphatic rings. The van der Waals surface area contributed by atoms with Gasteiger partial charge in [-0.1, -0.05) is 19.9 Å². The van der Waals surface area contributed by atoms with Crippen LogP contribution in [0.5, 0.6) is 11.5 Å². The Morgan fingerprint density at radius 1 is 1.14 bits per heavy atom. The van der Waals surface area contributed by atoms with Gasteiger partial charge in [-0.15, -0.1) is 0 Å². The minimum Gasteiger partial charge on any atom is -0.493 e. The number of amides is 4. The standard InChI is InChI=1S/C24H27N3O7S/c1-14(2)20(26-21(28)17-6-5-11-34-17)22(29)25-9-10-27-23(30)19(35-24(27)31)13-15-7-8-16(32-3)18(12-15)33-4/h5-8,11-14,20H,9-10H2,1-4H3,(H,25,29)(H,26,28)/t20-/m0/s1. The van der Waals surface area contributed by atoms with Gasteiger partial charge in [0.2, 0.25) is 5.91 Å². The summed E-state index contributed by atoms with van der Waals surface area (Å²) in [6.07, 6.45) is 2.97. The quantitative estimate of drug-likeness (QED) is 0.476. The predicted molar refractivity (Wildman–Crippen MR) is 130 cm³/mol. The summed E-state index contributed by atoms with van der Waals surface area (Å²) in [5.41, 5.74) is 0.675. The highest BCUT2D eigenvalue weighted by molar-refractivity contribution is 8.18. The molecule has 2 heterocycles. The molecule has 1 aromatic carbocycles. The number of furan rings is 1. The number of carbonyl (C=O) groups is 4.